The Kier molecular flexibility index (Phi) is 8.83. The van der Waals surface area contributed by atoms with Crippen molar-refractivity contribution in [1.82, 2.24) is 5.32 Å². The molecule has 0 bridgehead atoms. The number of hydrogen-bond donors (Lipinski definition) is 5. The summed E-state index contributed by atoms with van der Waals surface area (Å²) in [5.41, 5.74) is 14.3. The first-order valence-corrected chi connectivity index (χ1v) is 11.9. The molecular weight excluding hydrogens is 486 g/mol. The van der Waals surface area contributed by atoms with E-state index in [0.717, 1.165) is 12.0 Å². The number of non-ortho nitro benzene ring substituents is 1. The van der Waals surface area contributed by atoms with Gasteiger partial charge in [-0.1, -0.05) is 43.3 Å². The first-order chi connectivity index (χ1) is 18.2. The molecule has 38 heavy (non-hydrogen) atoms. The monoisotopic (exact) mass is 515 g/mol. The zero-order chi connectivity index (χ0) is 27.8. The first-order valence-electron chi connectivity index (χ1n) is 11.9. The van der Waals surface area contributed by atoms with Crippen molar-refractivity contribution in [3.05, 3.63) is 99.6 Å². The van der Waals surface area contributed by atoms with Gasteiger partial charge in [0.1, 0.15) is 0 Å². The summed E-state index contributed by atoms with van der Waals surface area (Å²) in [6.45, 7) is 4.56. The fourth-order valence-corrected chi connectivity index (χ4v) is 3.75. The molecule has 10 heteroatoms. The standard InChI is InChI=1S/C17H13N3O4.C11H16N2O/c18-15-13-7-2-1-4-10(13)8-14(16(15)21)17(22)19-11-5-3-6-12(9-11)20(23)24;1-3-8-5-6-9(7-10(8)12)11(14)13-4-2/h1-9,21H,18H2,(H,19,22);5-7H,3-4,12H2,1-2H3,(H,13,14). The SMILES string of the molecule is CCNC(=O)c1ccc(CC)c(N)c1.Nc1c(O)c(C(=O)Nc2cccc([N+](=O)[O-])c2)cc2ccccc12. The van der Waals surface area contributed by atoms with E-state index in [1.165, 1.54) is 30.3 Å². The van der Waals surface area contributed by atoms with Gasteiger partial charge in [-0.05, 0) is 48.6 Å². The largest absolute Gasteiger partial charge is 0.505 e. The molecular formula is C28H29N5O5. The molecule has 7 N–H and O–H groups in total. The lowest BCUT2D eigenvalue weighted by Crippen LogP contribution is -2.22. The van der Waals surface area contributed by atoms with Gasteiger partial charge in [0.2, 0.25) is 0 Å². The van der Waals surface area contributed by atoms with E-state index in [-0.39, 0.29) is 34.3 Å². The average molecular weight is 516 g/mol. The van der Waals surface area contributed by atoms with Crippen molar-refractivity contribution in [3.63, 3.8) is 0 Å². The fourth-order valence-electron chi connectivity index (χ4n) is 3.75. The predicted molar refractivity (Wildman–Crippen MR) is 149 cm³/mol. The second kappa shape index (κ2) is 12.2. The summed E-state index contributed by atoms with van der Waals surface area (Å²) >= 11 is 0. The summed E-state index contributed by atoms with van der Waals surface area (Å²) in [7, 11) is 0. The summed E-state index contributed by atoms with van der Waals surface area (Å²) in [6, 6.07) is 19.6. The van der Waals surface area contributed by atoms with E-state index >= 15 is 0 Å². The number of nitro benzene ring substituents is 1. The highest BCUT2D eigenvalue weighted by Gasteiger charge is 2.17. The van der Waals surface area contributed by atoms with Crippen molar-refractivity contribution in [2.24, 2.45) is 0 Å². The Hall–Kier alpha value is -5.12. The maximum absolute atomic E-state index is 12.4. The van der Waals surface area contributed by atoms with Gasteiger partial charge >= 0.3 is 0 Å². The van der Waals surface area contributed by atoms with Crippen molar-refractivity contribution in [2.45, 2.75) is 20.3 Å². The number of aromatic hydroxyl groups is 1. The van der Waals surface area contributed by atoms with Crippen LogP contribution < -0.4 is 22.1 Å². The molecule has 0 aliphatic heterocycles. The highest BCUT2D eigenvalue weighted by molar-refractivity contribution is 6.12. The highest BCUT2D eigenvalue weighted by atomic mass is 16.6. The lowest BCUT2D eigenvalue weighted by molar-refractivity contribution is -0.384. The van der Waals surface area contributed by atoms with Crippen LogP contribution in [0.1, 0.15) is 40.1 Å². The van der Waals surface area contributed by atoms with Gasteiger partial charge in [0, 0.05) is 41.0 Å². The van der Waals surface area contributed by atoms with Crippen molar-refractivity contribution >= 4 is 45.3 Å². The van der Waals surface area contributed by atoms with Crippen molar-refractivity contribution in [1.29, 1.82) is 0 Å². The molecule has 0 heterocycles. The number of hydrogen-bond acceptors (Lipinski definition) is 7. The van der Waals surface area contributed by atoms with E-state index in [0.29, 0.717) is 28.6 Å². The molecule has 4 aromatic rings. The van der Waals surface area contributed by atoms with Gasteiger partial charge in [0.15, 0.2) is 5.75 Å². The van der Waals surface area contributed by atoms with Gasteiger partial charge in [0.25, 0.3) is 17.5 Å². The second-order valence-electron chi connectivity index (χ2n) is 8.30. The maximum Gasteiger partial charge on any atom is 0.271 e. The number of fused-ring (bicyclic) bond motifs is 1. The van der Waals surface area contributed by atoms with Gasteiger partial charge < -0.3 is 27.2 Å². The number of benzene rings is 4. The minimum Gasteiger partial charge on any atom is -0.505 e. The van der Waals surface area contributed by atoms with Crippen LogP contribution in [0, 0.1) is 10.1 Å². The molecule has 0 aliphatic rings. The van der Waals surface area contributed by atoms with Crippen LogP contribution in [-0.2, 0) is 6.42 Å². The molecule has 10 nitrogen and oxygen atoms in total. The molecule has 0 saturated carbocycles. The molecule has 0 spiro atoms. The Morgan fingerprint density at radius 2 is 1.68 bits per heavy atom. The lowest BCUT2D eigenvalue weighted by atomic mass is 10.0. The van der Waals surface area contributed by atoms with Gasteiger partial charge in [-0.3, -0.25) is 19.7 Å². The molecule has 0 aromatic heterocycles. The van der Waals surface area contributed by atoms with E-state index < -0.39 is 10.8 Å². The Morgan fingerprint density at radius 3 is 2.34 bits per heavy atom. The molecule has 196 valence electrons. The number of aryl methyl sites for hydroxylation is 1. The van der Waals surface area contributed by atoms with E-state index in [1.54, 1.807) is 36.4 Å². The number of anilines is 3. The molecule has 4 rings (SSSR count). The van der Waals surface area contributed by atoms with Gasteiger partial charge in [-0.2, -0.15) is 0 Å². The van der Waals surface area contributed by atoms with Crippen LogP contribution >= 0.6 is 0 Å². The van der Waals surface area contributed by atoms with E-state index in [9.17, 15) is 24.8 Å². The van der Waals surface area contributed by atoms with Crippen LogP contribution in [0.3, 0.4) is 0 Å². The predicted octanol–water partition coefficient (Wildman–Crippen LogP) is 4.87. The summed E-state index contributed by atoms with van der Waals surface area (Å²) in [5, 5.41) is 27.6. The average Bonchev–Trinajstić information content (AvgIpc) is 2.91. The van der Waals surface area contributed by atoms with Crippen LogP contribution in [0.5, 0.6) is 5.75 Å². The van der Waals surface area contributed by atoms with Gasteiger partial charge in [0.05, 0.1) is 16.2 Å². The normalized spacial score (nSPS) is 10.3. The number of nitrogens with one attached hydrogen (secondary N) is 2. The Labute approximate surface area is 219 Å². The van der Waals surface area contributed by atoms with Crippen molar-refractivity contribution in [2.75, 3.05) is 23.3 Å². The zero-order valence-corrected chi connectivity index (χ0v) is 21.0. The van der Waals surface area contributed by atoms with Crippen LogP contribution in [0.15, 0.2) is 72.8 Å². The Bertz CT molecular complexity index is 1500. The van der Waals surface area contributed by atoms with Crippen LogP contribution in [0.2, 0.25) is 0 Å². The number of nitrogen functional groups attached to an aromatic ring is 2. The number of carbonyl (C=O) groups is 2. The highest BCUT2D eigenvalue weighted by Crippen LogP contribution is 2.34. The number of nitro groups is 1. The third kappa shape index (κ3) is 6.35. The summed E-state index contributed by atoms with van der Waals surface area (Å²) in [5.74, 6) is -0.996. The number of nitrogens with two attached hydrogens (primary N) is 2. The Morgan fingerprint density at radius 1 is 0.947 bits per heavy atom. The van der Waals surface area contributed by atoms with Crippen LogP contribution in [0.4, 0.5) is 22.7 Å². The Balaban J connectivity index is 0.000000244. The number of phenolic OH excluding ortho intramolecular Hbond substituents is 1. The molecule has 0 unspecified atom stereocenters. The van der Waals surface area contributed by atoms with Gasteiger partial charge in [-0.25, -0.2) is 0 Å². The molecule has 0 saturated heterocycles. The first kappa shape index (κ1) is 27.5. The molecule has 2 amide bonds. The quantitative estimate of drug-likeness (QED) is 0.105. The fraction of sp³-hybridized carbons (Fsp3) is 0.143. The smallest absolute Gasteiger partial charge is 0.271 e. The molecule has 0 aliphatic carbocycles. The molecule has 0 radical (unpaired) electrons. The number of carbonyl (C=O) groups excluding carboxylic acids is 2. The topological polar surface area (TPSA) is 174 Å². The number of nitrogens with zero attached hydrogens (tertiary/aromatic N) is 1. The number of amides is 2. The summed E-state index contributed by atoms with van der Waals surface area (Å²) < 4.78 is 0. The number of rotatable bonds is 6. The molecule has 4 aromatic carbocycles. The van der Waals surface area contributed by atoms with Crippen molar-refractivity contribution < 1.29 is 19.6 Å². The summed E-state index contributed by atoms with van der Waals surface area (Å²) in [4.78, 5) is 34.1. The third-order valence-electron chi connectivity index (χ3n) is 5.75. The van der Waals surface area contributed by atoms with Crippen LogP contribution in [0.25, 0.3) is 10.8 Å². The number of phenols is 1. The van der Waals surface area contributed by atoms with Gasteiger partial charge in [-0.15, -0.1) is 0 Å². The minimum absolute atomic E-state index is 0.00212. The molecule has 0 fully saturated rings. The minimum atomic E-state index is -0.606. The van der Waals surface area contributed by atoms with Crippen LogP contribution in [-0.4, -0.2) is 28.4 Å². The second-order valence-corrected chi connectivity index (χ2v) is 8.30. The van der Waals surface area contributed by atoms with E-state index in [1.807, 2.05) is 19.9 Å². The van der Waals surface area contributed by atoms with Crippen molar-refractivity contribution in [3.8, 4) is 5.75 Å². The van der Waals surface area contributed by atoms with E-state index in [2.05, 4.69) is 10.6 Å². The summed E-state index contributed by atoms with van der Waals surface area (Å²) in [6.07, 6.45) is 0.890. The molecule has 0 atom stereocenters. The van der Waals surface area contributed by atoms with E-state index in [4.69, 9.17) is 11.5 Å². The zero-order valence-electron chi connectivity index (χ0n) is 21.0. The maximum atomic E-state index is 12.4. The third-order valence-corrected chi connectivity index (χ3v) is 5.75. The lowest BCUT2D eigenvalue weighted by Gasteiger charge is -2.11.